The smallest absolute Gasteiger partial charge is 0.246 e. The molecule has 0 spiro atoms. The Balaban J connectivity index is 2.11. The van der Waals surface area contributed by atoms with E-state index in [0.717, 1.165) is 22.6 Å². The SMILES string of the molecule is CN1C(=O)CNc2ccc(-c3cnnn3C)cc21. The molecular weight excluding hydrogens is 230 g/mol. The lowest BCUT2D eigenvalue weighted by atomic mass is 10.1. The lowest BCUT2D eigenvalue weighted by Gasteiger charge is -2.27. The van der Waals surface area contributed by atoms with Gasteiger partial charge in [0.25, 0.3) is 0 Å². The number of aromatic nitrogens is 3. The van der Waals surface area contributed by atoms with Crippen LogP contribution in [0.5, 0.6) is 0 Å². The molecule has 0 unspecified atom stereocenters. The summed E-state index contributed by atoms with van der Waals surface area (Å²) in [5.74, 6) is 0.0581. The standard InChI is InChI=1S/C12H13N5O/c1-16-10-5-8(11-6-14-15-17(11)2)3-4-9(10)13-7-12(16)18/h3-6,13H,7H2,1-2H3. The number of likely N-dealkylation sites (N-methyl/N-ethyl adjacent to an activating group) is 1. The molecule has 1 aromatic heterocycles. The highest BCUT2D eigenvalue weighted by Gasteiger charge is 2.21. The number of anilines is 2. The molecule has 6 heteroatoms. The maximum absolute atomic E-state index is 11.7. The molecule has 0 saturated carbocycles. The van der Waals surface area contributed by atoms with Crippen molar-refractivity contribution in [1.29, 1.82) is 0 Å². The van der Waals surface area contributed by atoms with Gasteiger partial charge >= 0.3 is 0 Å². The number of hydrogen-bond donors (Lipinski definition) is 1. The van der Waals surface area contributed by atoms with Crippen LogP contribution >= 0.6 is 0 Å². The normalized spacial score (nSPS) is 14.3. The van der Waals surface area contributed by atoms with Crippen molar-refractivity contribution >= 4 is 17.3 Å². The molecule has 2 aromatic rings. The number of nitrogens with zero attached hydrogens (tertiary/aromatic N) is 4. The first-order valence-corrected chi connectivity index (χ1v) is 5.66. The van der Waals surface area contributed by atoms with Crippen LogP contribution < -0.4 is 10.2 Å². The zero-order valence-corrected chi connectivity index (χ0v) is 10.2. The summed E-state index contributed by atoms with van der Waals surface area (Å²) in [6, 6.07) is 5.94. The minimum Gasteiger partial charge on any atom is -0.374 e. The van der Waals surface area contributed by atoms with Gasteiger partial charge in [0.1, 0.15) is 0 Å². The number of rotatable bonds is 1. The fourth-order valence-electron chi connectivity index (χ4n) is 2.09. The first kappa shape index (κ1) is 10.8. The van der Waals surface area contributed by atoms with Gasteiger partial charge in [-0.05, 0) is 12.1 Å². The number of carbonyl (C=O) groups excluding carboxylic acids is 1. The van der Waals surface area contributed by atoms with Crippen LogP contribution in [0.25, 0.3) is 11.3 Å². The second-order valence-corrected chi connectivity index (χ2v) is 4.28. The predicted molar refractivity (Wildman–Crippen MR) is 68.3 cm³/mol. The Morgan fingerprint density at radius 3 is 2.89 bits per heavy atom. The summed E-state index contributed by atoms with van der Waals surface area (Å²) in [5.41, 5.74) is 3.76. The predicted octanol–water partition coefficient (Wildman–Crippen LogP) is 0.870. The molecule has 2 heterocycles. The maximum Gasteiger partial charge on any atom is 0.246 e. The van der Waals surface area contributed by atoms with Crippen LogP contribution in [0.3, 0.4) is 0 Å². The van der Waals surface area contributed by atoms with Crippen molar-refractivity contribution < 1.29 is 4.79 Å². The second kappa shape index (κ2) is 3.83. The van der Waals surface area contributed by atoms with E-state index < -0.39 is 0 Å². The number of benzene rings is 1. The third-order valence-electron chi connectivity index (χ3n) is 3.17. The van der Waals surface area contributed by atoms with E-state index in [1.807, 2.05) is 25.2 Å². The summed E-state index contributed by atoms with van der Waals surface area (Å²) >= 11 is 0. The molecule has 1 aromatic carbocycles. The fourth-order valence-corrected chi connectivity index (χ4v) is 2.09. The molecule has 3 rings (SSSR count). The van der Waals surface area contributed by atoms with Crippen molar-refractivity contribution in [2.24, 2.45) is 7.05 Å². The second-order valence-electron chi connectivity index (χ2n) is 4.28. The molecule has 18 heavy (non-hydrogen) atoms. The number of carbonyl (C=O) groups is 1. The van der Waals surface area contributed by atoms with E-state index in [-0.39, 0.29) is 5.91 Å². The first-order chi connectivity index (χ1) is 8.66. The van der Waals surface area contributed by atoms with E-state index in [0.29, 0.717) is 6.54 Å². The highest BCUT2D eigenvalue weighted by atomic mass is 16.2. The van der Waals surface area contributed by atoms with Crippen molar-refractivity contribution in [3.8, 4) is 11.3 Å². The molecule has 0 bridgehead atoms. The van der Waals surface area contributed by atoms with Gasteiger partial charge in [-0.25, -0.2) is 4.68 Å². The summed E-state index contributed by atoms with van der Waals surface area (Å²) < 4.78 is 1.71. The molecular formula is C12H13N5O. The molecule has 0 atom stereocenters. The zero-order chi connectivity index (χ0) is 12.7. The van der Waals surface area contributed by atoms with Gasteiger partial charge in [0, 0.05) is 19.7 Å². The van der Waals surface area contributed by atoms with Gasteiger partial charge in [0.15, 0.2) is 0 Å². The molecule has 0 fully saturated rings. The van der Waals surface area contributed by atoms with E-state index in [2.05, 4.69) is 15.6 Å². The highest BCUT2D eigenvalue weighted by molar-refractivity contribution is 6.02. The molecule has 0 saturated heterocycles. The summed E-state index contributed by atoms with van der Waals surface area (Å²) in [6.45, 7) is 0.343. The maximum atomic E-state index is 11.7. The van der Waals surface area contributed by atoms with Gasteiger partial charge < -0.3 is 10.2 Å². The fraction of sp³-hybridized carbons (Fsp3) is 0.250. The van der Waals surface area contributed by atoms with Crippen LogP contribution in [-0.2, 0) is 11.8 Å². The minimum absolute atomic E-state index is 0.0581. The van der Waals surface area contributed by atoms with Crippen molar-refractivity contribution in [2.45, 2.75) is 0 Å². The van der Waals surface area contributed by atoms with Crippen LogP contribution in [0.1, 0.15) is 0 Å². The van der Waals surface area contributed by atoms with E-state index in [9.17, 15) is 4.79 Å². The van der Waals surface area contributed by atoms with E-state index >= 15 is 0 Å². The van der Waals surface area contributed by atoms with Gasteiger partial charge in [-0.1, -0.05) is 11.3 Å². The van der Waals surface area contributed by atoms with Gasteiger partial charge in [0.05, 0.1) is 29.8 Å². The first-order valence-electron chi connectivity index (χ1n) is 5.66. The van der Waals surface area contributed by atoms with Gasteiger partial charge in [0.2, 0.25) is 5.91 Å². The summed E-state index contributed by atoms with van der Waals surface area (Å²) in [4.78, 5) is 13.3. The van der Waals surface area contributed by atoms with Gasteiger partial charge in [-0.2, -0.15) is 0 Å². The molecule has 1 aliphatic rings. The molecule has 1 aliphatic heterocycles. The van der Waals surface area contributed by atoms with Gasteiger partial charge in [-0.15, -0.1) is 5.10 Å². The Labute approximate surface area is 104 Å². The Kier molecular flexibility index (Phi) is 2.29. The molecule has 6 nitrogen and oxygen atoms in total. The largest absolute Gasteiger partial charge is 0.374 e. The Hall–Kier alpha value is -2.37. The third kappa shape index (κ3) is 1.54. The monoisotopic (exact) mass is 243 g/mol. The average Bonchev–Trinajstić information content (AvgIpc) is 2.80. The Bertz CT molecular complexity index is 619. The molecule has 92 valence electrons. The third-order valence-corrected chi connectivity index (χ3v) is 3.17. The molecule has 1 amide bonds. The topological polar surface area (TPSA) is 63.1 Å². The van der Waals surface area contributed by atoms with Crippen molar-refractivity contribution in [3.05, 3.63) is 24.4 Å². The van der Waals surface area contributed by atoms with Crippen LogP contribution in [0.15, 0.2) is 24.4 Å². The number of nitrogens with one attached hydrogen (secondary N) is 1. The summed E-state index contributed by atoms with van der Waals surface area (Å²) in [6.07, 6.45) is 1.71. The number of amides is 1. The lowest BCUT2D eigenvalue weighted by molar-refractivity contribution is -0.116. The van der Waals surface area contributed by atoms with E-state index in [4.69, 9.17) is 0 Å². The molecule has 1 N–H and O–H groups in total. The van der Waals surface area contributed by atoms with E-state index in [1.165, 1.54) is 0 Å². The average molecular weight is 243 g/mol. The molecule has 0 radical (unpaired) electrons. The van der Waals surface area contributed by atoms with Crippen molar-refractivity contribution in [3.63, 3.8) is 0 Å². The van der Waals surface area contributed by atoms with Crippen LogP contribution in [-0.4, -0.2) is 34.5 Å². The molecule has 0 aliphatic carbocycles. The lowest BCUT2D eigenvalue weighted by Crippen LogP contribution is -2.36. The van der Waals surface area contributed by atoms with Gasteiger partial charge in [-0.3, -0.25) is 4.79 Å². The van der Waals surface area contributed by atoms with Crippen LogP contribution in [0.4, 0.5) is 11.4 Å². The van der Waals surface area contributed by atoms with Crippen molar-refractivity contribution in [2.75, 3.05) is 23.8 Å². The van der Waals surface area contributed by atoms with E-state index in [1.54, 1.807) is 22.8 Å². The number of fused-ring (bicyclic) bond motifs is 1. The summed E-state index contributed by atoms with van der Waals surface area (Å²) in [7, 11) is 3.63. The quantitative estimate of drug-likeness (QED) is 0.807. The van der Waals surface area contributed by atoms with Crippen molar-refractivity contribution in [1.82, 2.24) is 15.0 Å². The van der Waals surface area contributed by atoms with Crippen LogP contribution in [0, 0.1) is 0 Å². The number of aryl methyl sites for hydroxylation is 1. The van der Waals surface area contributed by atoms with Crippen LogP contribution in [0.2, 0.25) is 0 Å². The highest BCUT2D eigenvalue weighted by Crippen LogP contribution is 2.32. The summed E-state index contributed by atoms with van der Waals surface area (Å²) in [5, 5.41) is 10.9. The zero-order valence-electron chi connectivity index (χ0n) is 10.2. The Morgan fingerprint density at radius 1 is 1.33 bits per heavy atom. The Morgan fingerprint density at radius 2 is 2.17 bits per heavy atom. The minimum atomic E-state index is 0.0581. The number of hydrogen-bond acceptors (Lipinski definition) is 4.